The van der Waals surface area contributed by atoms with Crippen LogP contribution in [0.2, 0.25) is 0 Å². The van der Waals surface area contributed by atoms with E-state index >= 15 is 0 Å². The molecule has 3 rings (SSSR count). The lowest BCUT2D eigenvalue weighted by Gasteiger charge is -2.09. The van der Waals surface area contributed by atoms with Crippen molar-refractivity contribution in [3.63, 3.8) is 0 Å². The molecule has 2 aromatic rings. The van der Waals surface area contributed by atoms with E-state index in [0.717, 1.165) is 22.4 Å². The van der Waals surface area contributed by atoms with Crippen LogP contribution in [-0.2, 0) is 4.79 Å². The fourth-order valence-corrected chi connectivity index (χ4v) is 3.72. The van der Waals surface area contributed by atoms with Crippen molar-refractivity contribution in [2.45, 2.75) is 24.1 Å². The zero-order valence-electron chi connectivity index (χ0n) is 12.4. The summed E-state index contributed by atoms with van der Waals surface area (Å²) in [4.78, 5) is 12.5. The van der Waals surface area contributed by atoms with Gasteiger partial charge in [0.15, 0.2) is 0 Å². The average molecular weight is 334 g/mol. The summed E-state index contributed by atoms with van der Waals surface area (Å²) >= 11 is 12.7. The van der Waals surface area contributed by atoms with Gasteiger partial charge in [0.1, 0.15) is 4.33 Å². The van der Waals surface area contributed by atoms with Gasteiger partial charge in [-0.25, -0.2) is 0 Å². The third-order valence-electron chi connectivity index (χ3n) is 4.13. The zero-order valence-corrected chi connectivity index (χ0v) is 13.9. The molecule has 4 heteroatoms. The molecule has 2 nitrogen and oxygen atoms in total. The Morgan fingerprint density at radius 3 is 2.41 bits per heavy atom. The lowest BCUT2D eigenvalue weighted by atomic mass is 10.1. The van der Waals surface area contributed by atoms with E-state index in [2.05, 4.69) is 5.32 Å². The minimum atomic E-state index is -1.04. The Hall–Kier alpha value is -1.51. The Labute approximate surface area is 140 Å². The molecule has 0 bridgehead atoms. The molecule has 1 saturated carbocycles. The van der Waals surface area contributed by atoms with Gasteiger partial charge in [0.2, 0.25) is 5.91 Å². The number of amides is 1. The first-order valence-corrected chi connectivity index (χ1v) is 7.97. The van der Waals surface area contributed by atoms with Crippen molar-refractivity contribution in [3.8, 4) is 0 Å². The minimum absolute atomic E-state index is 0.134. The highest BCUT2D eigenvalue weighted by molar-refractivity contribution is 6.53. The molecule has 22 heavy (non-hydrogen) atoms. The van der Waals surface area contributed by atoms with E-state index in [1.165, 1.54) is 0 Å². The van der Waals surface area contributed by atoms with Gasteiger partial charge in [0.05, 0.1) is 5.92 Å². The van der Waals surface area contributed by atoms with Crippen molar-refractivity contribution in [1.29, 1.82) is 0 Å². The summed E-state index contributed by atoms with van der Waals surface area (Å²) in [5.74, 6) is -0.729. The Kier molecular flexibility index (Phi) is 3.92. The van der Waals surface area contributed by atoms with Crippen LogP contribution < -0.4 is 5.32 Å². The molecule has 1 N–H and O–H groups in total. The van der Waals surface area contributed by atoms with Gasteiger partial charge in [-0.05, 0) is 31.0 Å². The molecule has 0 unspecified atom stereocenters. The smallest absolute Gasteiger partial charge is 0.231 e. The predicted octanol–water partition coefficient (Wildman–Crippen LogP) is 4.83. The normalized spacial score (nSPS) is 22.2. The summed E-state index contributed by atoms with van der Waals surface area (Å²) in [7, 11) is 0. The molecular formula is C18H17Cl2NO. The van der Waals surface area contributed by atoms with Gasteiger partial charge in [-0.3, -0.25) is 4.79 Å². The third-order valence-corrected chi connectivity index (χ3v) is 5.07. The van der Waals surface area contributed by atoms with E-state index in [0.29, 0.717) is 0 Å². The highest BCUT2D eigenvalue weighted by Crippen LogP contribution is 2.65. The number of carbonyl (C=O) groups is 1. The van der Waals surface area contributed by atoms with Gasteiger partial charge in [0, 0.05) is 11.6 Å². The molecule has 1 amide bonds. The van der Waals surface area contributed by atoms with Crippen LogP contribution in [0, 0.1) is 19.8 Å². The summed E-state index contributed by atoms with van der Waals surface area (Å²) in [6.07, 6.45) is 0. The topological polar surface area (TPSA) is 29.1 Å². The second-order valence-electron chi connectivity index (χ2n) is 5.85. The van der Waals surface area contributed by atoms with Crippen LogP contribution >= 0.6 is 23.2 Å². The van der Waals surface area contributed by atoms with Gasteiger partial charge in [0.25, 0.3) is 0 Å². The fraction of sp³-hybridized carbons (Fsp3) is 0.278. The van der Waals surface area contributed by atoms with Crippen LogP contribution in [0.4, 0.5) is 5.69 Å². The molecule has 2 aromatic carbocycles. The summed E-state index contributed by atoms with van der Waals surface area (Å²) in [6.45, 7) is 3.99. The summed E-state index contributed by atoms with van der Waals surface area (Å²) in [5.41, 5.74) is 3.99. The van der Waals surface area contributed by atoms with Gasteiger partial charge in [-0.1, -0.05) is 48.0 Å². The molecule has 1 fully saturated rings. The molecule has 114 valence electrons. The third kappa shape index (κ3) is 2.73. The first-order valence-electron chi connectivity index (χ1n) is 7.22. The van der Waals surface area contributed by atoms with Gasteiger partial charge in [-0.2, -0.15) is 0 Å². The van der Waals surface area contributed by atoms with Crippen molar-refractivity contribution < 1.29 is 4.79 Å². The Morgan fingerprint density at radius 1 is 1.09 bits per heavy atom. The van der Waals surface area contributed by atoms with E-state index < -0.39 is 10.3 Å². The Balaban J connectivity index is 1.78. The number of aryl methyl sites for hydroxylation is 2. The maximum absolute atomic E-state index is 12.5. The molecule has 0 heterocycles. The number of anilines is 1. The van der Waals surface area contributed by atoms with E-state index in [9.17, 15) is 4.79 Å². The monoisotopic (exact) mass is 333 g/mol. The first kappa shape index (κ1) is 15.4. The SMILES string of the molecule is Cc1ccc(NC(=O)[C@@H]2[C@@H](c3ccccc3)C2(Cl)Cl)c(C)c1. The molecule has 1 aliphatic carbocycles. The summed E-state index contributed by atoms with van der Waals surface area (Å²) < 4.78 is -1.04. The molecule has 0 aromatic heterocycles. The van der Waals surface area contributed by atoms with E-state index in [1.807, 2.05) is 62.4 Å². The molecule has 2 atom stereocenters. The highest BCUT2D eigenvalue weighted by Gasteiger charge is 2.67. The zero-order chi connectivity index (χ0) is 15.9. The molecule has 0 spiro atoms. The average Bonchev–Trinajstić information content (AvgIpc) is 3.05. The summed E-state index contributed by atoms with van der Waals surface area (Å²) in [6, 6.07) is 15.6. The van der Waals surface area contributed by atoms with Crippen molar-refractivity contribution in [2.24, 2.45) is 5.92 Å². The van der Waals surface area contributed by atoms with Gasteiger partial charge < -0.3 is 5.32 Å². The lowest BCUT2D eigenvalue weighted by molar-refractivity contribution is -0.117. The largest absolute Gasteiger partial charge is 0.325 e. The lowest BCUT2D eigenvalue weighted by Crippen LogP contribution is -2.17. The number of halogens is 2. The van der Waals surface area contributed by atoms with Crippen LogP contribution in [0.1, 0.15) is 22.6 Å². The van der Waals surface area contributed by atoms with Crippen molar-refractivity contribution in [3.05, 3.63) is 65.2 Å². The maximum atomic E-state index is 12.5. The number of alkyl halides is 2. The van der Waals surface area contributed by atoms with E-state index in [-0.39, 0.29) is 11.8 Å². The molecule has 1 aliphatic rings. The number of rotatable bonds is 3. The fourth-order valence-electron chi connectivity index (χ4n) is 2.89. The van der Waals surface area contributed by atoms with Crippen LogP contribution in [0.15, 0.2) is 48.5 Å². The first-order chi connectivity index (χ1) is 10.4. The van der Waals surface area contributed by atoms with Crippen LogP contribution in [0.3, 0.4) is 0 Å². The maximum Gasteiger partial charge on any atom is 0.231 e. The number of benzene rings is 2. The standard InChI is InChI=1S/C18H17Cl2NO/c1-11-8-9-14(12(2)10-11)21-17(22)16-15(18(16,19)20)13-6-4-3-5-7-13/h3-10,15-16H,1-2H3,(H,21,22)/t15-,16+/m1/s1. The summed E-state index contributed by atoms with van der Waals surface area (Å²) in [5, 5.41) is 2.95. The molecule has 0 aliphatic heterocycles. The Bertz CT molecular complexity index is 712. The van der Waals surface area contributed by atoms with Crippen molar-refractivity contribution in [2.75, 3.05) is 5.32 Å². The van der Waals surface area contributed by atoms with Gasteiger partial charge in [-0.15, -0.1) is 23.2 Å². The van der Waals surface area contributed by atoms with Crippen LogP contribution in [-0.4, -0.2) is 10.2 Å². The van der Waals surface area contributed by atoms with Crippen molar-refractivity contribution in [1.82, 2.24) is 0 Å². The Morgan fingerprint density at radius 2 is 1.77 bits per heavy atom. The van der Waals surface area contributed by atoms with Crippen molar-refractivity contribution >= 4 is 34.8 Å². The molecule has 0 saturated heterocycles. The number of hydrogen-bond donors (Lipinski definition) is 1. The second kappa shape index (κ2) is 5.60. The number of hydrogen-bond acceptors (Lipinski definition) is 1. The number of carbonyl (C=O) groups excluding carboxylic acids is 1. The number of nitrogens with one attached hydrogen (secondary N) is 1. The second-order valence-corrected chi connectivity index (χ2v) is 7.29. The van der Waals surface area contributed by atoms with E-state index in [1.54, 1.807) is 0 Å². The van der Waals surface area contributed by atoms with Crippen LogP contribution in [0.25, 0.3) is 0 Å². The molecular weight excluding hydrogens is 317 g/mol. The highest BCUT2D eigenvalue weighted by atomic mass is 35.5. The van der Waals surface area contributed by atoms with Crippen LogP contribution in [0.5, 0.6) is 0 Å². The minimum Gasteiger partial charge on any atom is -0.325 e. The van der Waals surface area contributed by atoms with Gasteiger partial charge >= 0.3 is 0 Å². The van der Waals surface area contributed by atoms with E-state index in [4.69, 9.17) is 23.2 Å². The molecule has 0 radical (unpaired) electrons. The quantitative estimate of drug-likeness (QED) is 0.801. The predicted molar refractivity (Wildman–Crippen MR) is 91.7 cm³/mol.